The Kier molecular flexibility index (Phi) is 30.3. The summed E-state index contributed by atoms with van der Waals surface area (Å²) in [5.74, 6) is 0.352. The van der Waals surface area contributed by atoms with E-state index in [1.165, 1.54) is 12.1 Å². The van der Waals surface area contributed by atoms with Crippen LogP contribution in [0, 0.1) is 0 Å². The normalized spacial score (nSPS) is 11.8. The SMILES string of the molecule is OCCOCCOCCOCCOCCOCCOCCOCCOCCOCCOCCOCCOc1ccc(C(F)(F)F)cc1. The van der Waals surface area contributed by atoms with Crippen molar-refractivity contribution in [2.45, 2.75) is 6.18 Å². The van der Waals surface area contributed by atoms with Gasteiger partial charge in [-0.05, 0) is 24.3 Å². The van der Waals surface area contributed by atoms with E-state index < -0.39 is 11.7 Å². The molecule has 16 heteroatoms. The number of halogens is 3. The lowest BCUT2D eigenvalue weighted by Gasteiger charge is -2.10. The Balaban J connectivity index is 1.66. The van der Waals surface area contributed by atoms with Gasteiger partial charge in [0, 0.05) is 0 Å². The summed E-state index contributed by atoms with van der Waals surface area (Å²) in [6.07, 6.45) is -4.36. The molecule has 0 aromatic heterocycles. The van der Waals surface area contributed by atoms with Crippen molar-refractivity contribution in [3.05, 3.63) is 29.8 Å². The zero-order chi connectivity index (χ0) is 33.9. The Morgan fingerprint density at radius 3 is 0.830 bits per heavy atom. The first-order chi connectivity index (χ1) is 23.0. The first-order valence-corrected chi connectivity index (χ1v) is 15.8. The van der Waals surface area contributed by atoms with E-state index in [1.54, 1.807) is 0 Å². The molecular formula is C31H53F3O13. The van der Waals surface area contributed by atoms with Gasteiger partial charge in [0.2, 0.25) is 0 Å². The molecule has 0 atom stereocenters. The maximum Gasteiger partial charge on any atom is 0.416 e. The second-order valence-corrected chi connectivity index (χ2v) is 9.33. The summed E-state index contributed by atoms with van der Waals surface area (Å²) in [6, 6.07) is 4.52. The summed E-state index contributed by atoms with van der Waals surface area (Å²) in [5.41, 5.74) is -0.715. The van der Waals surface area contributed by atoms with E-state index in [0.29, 0.717) is 151 Å². The highest BCUT2D eigenvalue weighted by molar-refractivity contribution is 5.28. The third-order valence-electron chi connectivity index (χ3n) is 5.63. The fourth-order valence-electron chi connectivity index (χ4n) is 3.32. The van der Waals surface area contributed by atoms with Gasteiger partial charge in [0.05, 0.1) is 158 Å². The van der Waals surface area contributed by atoms with Gasteiger partial charge >= 0.3 is 6.18 Å². The Morgan fingerprint density at radius 1 is 0.362 bits per heavy atom. The molecule has 276 valence electrons. The third-order valence-corrected chi connectivity index (χ3v) is 5.63. The highest BCUT2D eigenvalue weighted by Crippen LogP contribution is 2.30. The largest absolute Gasteiger partial charge is 0.491 e. The van der Waals surface area contributed by atoms with Crippen LogP contribution in [0.15, 0.2) is 24.3 Å². The summed E-state index contributed by atoms with van der Waals surface area (Å²) in [4.78, 5) is 0. The van der Waals surface area contributed by atoms with Gasteiger partial charge in [0.1, 0.15) is 12.4 Å². The van der Waals surface area contributed by atoms with E-state index in [4.69, 9.17) is 61.9 Å². The molecule has 1 rings (SSSR count). The van der Waals surface area contributed by atoms with Gasteiger partial charge in [-0.15, -0.1) is 0 Å². The lowest BCUT2D eigenvalue weighted by atomic mass is 10.2. The van der Waals surface area contributed by atoms with Gasteiger partial charge in [0.15, 0.2) is 0 Å². The molecule has 0 aliphatic heterocycles. The molecule has 0 radical (unpaired) electrons. The summed E-state index contributed by atoms with van der Waals surface area (Å²) >= 11 is 0. The molecule has 1 N–H and O–H groups in total. The van der Waals surface area contributed by atoms with Crippen LogP contribution in [0.5, 0.6) is 5.75 Å². The molecule has 0 spiro atoms. The highest BCUT2D eigenvalue weighted by atomic mass is 19.4. The topological polar surface area (TPSA) is 131 Å². The van der Waals surface area contributed by atoms with Crippen molar-refractivity contribution in [2.75, 3.05) is 159 Å². The van der Waals surface area contributed by atoms with E-state index >= 15 is 0 Å². The summed E-state index contributed by atoms with van der Waals surface area (Å²) in [6.45, 7) is 10.1. The minimum atomic E-state index is -4.36. The summed E-state index contributed by atoms with van der Waals surface area (Å²) in [7, 11) is 0. The molecule has 0 aliphatic carbocycles. The van der Waals surface area contributed by atoms with Crippen LogP contribution in [0.2, 0.25) is 0 Å². The van der Waals surface area contributed by atoms with Crippen LogP contribution in [0.3, 0.4) is 0 Å². The molecular weight excluding hydrogens is 637 g/mol. The van der Waals surface area contributed by atoms with Crippen molar-refractivity contribution < 1.29 is 75.1 Å². The summed E-state index contributed by atoms with van der Waals surface area (Å²) in [5, 5.41) is 8.57. The number of benzene rings is 1. The lowest BCUT2D eigenvalue weighted by Crippen LogP contribution is -2.15. The monoisotopic (exact) mass is 690 g/mol. The van der Waals surface area contributed by atoms with Crippen LogP contribution in [0.1, 0.15) is 5.56 Å². The molecule has 0 saturated heterocycles. The van der Waals surface area contributed by atoms with E-state index in [1.807, 2.05) is 0 Å². The zero-order valence-corrected chi connectivity index (χ0v) is 27.3. The maximum absolute atomic E-state index is 12.5. The van der Waals surface area contributed by atoms with Gasteiger partial charge in [-0.1, -0.05) is 0 Å². The smallest absolute Gasteiger partial charge is 0.416 e. The van der Waals surface area contributed by atoms with E-state index in [-0.39, 0.29) is 13.2 Å². The van der Waals surface area contributed by atoms with Gasteiger partial charge in [0.25, 0.3) is 0 Å². The van der Waals surface area contributed by atoms with Gasteiger partial charge < -0.3 is 61.9 Å². The minimum Gasteiger partial charge on any atom is -0.491 e. The second kappa shape index (κ2) is 32.9. The molecule has 0 bridgehead atoms. The van der Waals surface area contributed by atoms with Crippen LogP contribution in [-0.2, 0) is 58.3 Å². The Labute approximate surface area is 275 Å². The second-order valence-electron chi connectivity index (χ2n) is 9.33. The fraction of sp³-hybridized carbons (Fsp3) is 0.806. The number of ether oxygens (including phenoxy) is 12. The fourth-order valence-corrected chi connectivity index (χ4v) is 3.32. The zero-order valence-electron chi connectivity index (χ0n) is 27.3. The molecule has 0 fully saturated rings. The standard InChI is InChI=1S/C31H53F3O13/c32-31(33,34)29-1-3-30(4-2-29)47-28-27-46-26-25-45-24-23-44-22-21-43-20-19-42-18-17-41-16-15-40-14-13-39-12-11-38-10-9-37-8-7-36-6-5-35/h1-4,35H,5-28H2. The van der Waals surface area contributed by atoms with Crippen molar-refractivity contribution in [3.63, 3.8) is 0 Å². The lowest BCUT2D eigenvalue weighted by molar-refractivity contribution is -0.137. The van der Waals surface area contributed by atoms with Gasteiger partial charge in [-0.25, -0.2) is 0 Å². The molecule has 1 aromatic carbocycles. The Bertz CT molecular complexity index is 776. The molecule has 0 unspecified atom stereocenters. The number of aliphatic hydroxyl groups excluding tert-OH is 1. The summed E-state index contributed by atoms with van der Waals surface area (Å²) < 4.78 is 102. The Hall–Kier alpha value is -1.67. The van der Waals surface area contributed by atoms with Crippen LogP contribution in [0.4, 0.5) is 13.2 Å². The quantitative estimate of drug-likeness (QED) is 0.103. The number of alkyl halides is 3. The van der Waals surface area contributed by atoms with Crippen LogP contribution >= 0.6 is 0 Å². The number of rotatable bonds is 36. The van der Waals surface area contributed by atoms with Crippen LogP contribution in [0.25, 0.3) is 0 Å². The predicted molar refractivity (Wildman–Crippen MR) is 163 cm³/mol. The molecule has 1 aromatic rings. The van der Waals surface area contributed by atoms with E-state index in [2.05, 4.69) is 0 Å². The molecule has 47 heavy (non-hydrogen) atoms. The average molecular weight is 691 g/mol. The number of hydrogen-bond acceptors (Lipinski definition) is 13. The first-order valence-electron chi connectivity index (χ1n) is 15.8. The maximum atomic E-state index is 12.5. The van der Waals surface area contributed by atoms with E-state index in [9.17, 15) is 13.2 Å². The van der Waals surface area contributed by atoms with Crippen molar-refractivity contribution >= 4 is 0 Å². The predicted octanol–water partition coefficient (Wildman–Crippen LogP) is 2.26. The molecule has 0 aliphatic rings. The number of hydrogen-bond donors (Lipinski definition) is 1. The molecule has 13 nitrogen and oxygen atoms in total. The molecule has 0 amide bonds. The first kappa shape index (κ1) is 43.4. The highest BCUT2D eigenvalue weighted by Gasteiger charge is 2.30. The van der Waals surface area contributed by atoms with Crippen LogP contribution < -0.4 is 4.74 Å². The molecule has 0 heterocycles. The van der Waals surface area contributed by atoms with Crippen molar-refractivity contribution in [1.82, 2.24) is 0 Å². The molecule has 0 saturated carbocycles. The van der Waals surface area contributed by atoms with Gasteiger partial charge in [-0.3, -0.25) is 0 Å². The van der Waals surface area contributed by atoms with Crippen molar-refractivity contribution in [1.29, 1.82) is 0 Å². The van der Waals surface area contributed by atoms with Crippen molar-refractivity contribution in [2.24, 2.45) is 0 Å². The average Bonchev–Trinajstić information content (AvgIpc) is 3.06. The van der Waals surface area contributed by atoms with Gasteiger partial charge in [-0.2, -0.15) is 13.2 Å². The van der Waals surface area contributed by atoms with Crippen molar-refractivity contribution in [3.8, 4) is 5.75 Å². The third kappa shape index (κ3) is 30.1. The minimum absolute atomic E-state index is 0.0147. The van der Waals surface area contributed by atoms with Crippen LogP contribution in [-0.4, -0.2) is 164 Å². The van der Waals surface area contributed by atoms with E-state index in [0.717, 1.165) is 12.1 Å². The number of aliphatic hydroxyl groups is 1. The Morgan fingerprint density at radius 2 is 0.596 bits per heavy atom.